The van der Waals surface area contributed by atoms with Crippen molar-refractivity contribution in [3.05, 3.63) is 83.9 Å². The predicted octanol–water partition coefficient (Wildman–Crippen LogP) is 4.41. The van der Waals surface area contributed by atoms with Gasteiger partial charge < -0.3 is 25.0 Å². The van der Waals surface area contributed by atoms with Crippen LogP contribution in [0, 0.1) is 17.2 Å². The number of fused-ring (bicyclic) bond motifs is 2. The summed E-state index contributed by atoms with van der Waals surface area (Å²) in [5.74, 6) is 2.15. The summed E-state index contributed by atoms with van der Waals surface area (Å²) in [5.41, 5.74) is 6.03. The Labute approximate surface area is 226 Å². The first kappa shape index (κ1) is 24.5. The van der Waals surface area contributed by atoms with Crippen LogP contribution in [-0.4, -0.2) is 46.9 Å². The number of para-hydroxylation sites is 1. The van der Waals surface area contributed by atoms with E-state index >= 15 is 0 Å². The third kappa shape index (κ3) is 5.14. The monoisotopic (exact) mass is 521 g/mol. The fourth-order valence-electron chi connectivity index (χ4n) is 5.17. The van der Waals surface area contributed by atoms with Crippen molar-refractivity contribution in [3.63, 3.8) is 0 Å². The molecule has 1 aliphatic carbocycles. The number of hydrogen-bond acceptors (Lipinski definition) is 7. The van der Waals surface area contributed by atoms with Gasteiger partial charge in [-0.2, -0.15) is 10.2 Å². The van der Waals surface area contributed by atoms with Crippen LogP contribution in [0.1, 0.15) is 29.6 Å². The Morgan fingerprint density at radius 1 is 0.923 bits per heavy atom. The van der Waals surface area contributed by atoms with Crippen molar-refractivity contribution in [1.29, 1.82) is 5.26 Å². The largest absolute Gasteiger partial charge is 0.457 e. The minimum atomic E-state index is -0.640. The van der Waals surface area contributed by atoms with Gasteiger partial charge in [-0.3, -0.25) is 9.59 Å². The van der Waals surface area contributed by atoms with Gasteiger partial charge in [0, 0.05) is 13.1 Å². The van der Waals surface area contributed by atoms with Crippen molar-refractivity contribution in [2.45, 2.75) is 31.3 Å². The third-order valence-corrected chi connectivity index (χ3v) is 7.30. The van der Waals surface area contributed by atoms with E-state index in [0.29, 0.717) is 36.3 Å². The molecule has 3 fully saturated rings. The second-order valence-corrected chi connectivity index (χ2v) is 10.1. The topological polar surface area (TPSA) is 122 Å². The number of anilines is 1. The fourth-order valence-corrected chi connectivity index (χ4v) is 5.17. The molecule has 1 aromatic heterocycles. The molecule has 0 radical (unpaired) electrons. The van der Waals surface area contributed by atoms with Gasteiger partial charge in [0.2, 0.25) is 5.88 Å². The second kappa shape index (κ2) is 10.1. The van der Waals surface area contributed by atoms with Gasteiger partial charge in [-0.05, 0) is 73.7 Å². The minimum Gasteiger partial charge on any atom is -0.457 e. The molecule has 2 N–H and O–H groups in total. The number of likely N-dealkylation sites (tertiary alicyclic amines) is 1. The highest BCUT2D eigenvalue weighted by Crippen LogP contribution is 2.37. The number of benzene rings is 2. The number of nitriles is 1. The zero-order chi connectivity index (χ0) is 26.9. The summed E-state index contributed by atoms with van der Waals surface area (Å²) in [6.07, 6.45) is 4.70. The van der Waals surface area contributed by atoms with Gasteiger partial charge >= 0.3 is 0 Å². The smallest absolute Gasteiger partial charge is 0.264 e. The molecular weight excluding hydrogens is 494 g/mol. The molecule has 9 nitrogen and oxygen atoms in total. The maximum Gasteiger partial charge on any atom is 0.264 e. The van der Waals surface area contributed by atoms with E-state index in [4.69, 9.17) is 15.2 Å². The zero-order valence-corrected chi connectivity index (χ0v) is 21.2. The van der Waals surface area contributed by atoms with E-state index in [-0.39, 0.29) is 35.0 Å². The summed E-state index contributed by atoms with van der Waals surface area (Å²) < 4.78 is 11.8. The molecule has 1 saturated carbocycles. The molecule has 9 heteroatoms. The number of aromatic nitrogens is 1. The van der Waals surface area contributed by atoms with Crippen LogP contribution < -0.4 is 20.1 Å². The SMILES string of the molecule is N#C/C(=C\C1CC1)C(=O)N1C[C@@H]2C[C@H]1CN2c1ccc(C(N)=O)c(Oc2ccc(Oc3ccccc3)cc2)n1. The summed E-state index contributed by atoms with van der Waals surface area (Å²) in [6.45, 7) is 1.11. The van der Waals surface area contributed by atoms with E-state index in [2.05, 4.69) is 16.0 Å². The van der Waals surface area contributed by atoms with E-state index in [1.165, 1.54) is 0 Å². The number of carbonyl (C=O) groups excluding carboxylic acids is 2. The molecule has 39 heavy (non-hydrogen) atoms. The number of hydrogen-bond donors (Lipinski definition) is 1. The predicted molar refractivity (Wildman–Crippen MR) is 143 cm³/mol. The molecule has 2 amide bonds. The van der Waals surface area contributed by atoms with Crippen molar-refractivity contribution in [1.82, 2.24) is 9.88 Å². The Morgan fingerprint density at radius 2 is 1.62 bits per heavy atom. The molecule has 2 aromatic carbocycles. The van der Waals surface area contributed by atoms with Crippen molar-refractivity contribution in [2.24, 2.45) is 11.7 Å². The number of pyridine rings is 1. The van der Waals surface area contributed by atoms with Crippen LogP contribution in [0.3, 0.4) is 0 Å². The van der Waals surface area contributed by atoms with E-state index < -0.39 is 5.91 Å². The van der Waals surface area contributed by atoms with E-state index in [9.17, 15) is 14.9 Å². The number of primary amides is 1. The number of nitrogens with zero attached hydrogens (tertiary/aromatic N) is 4. The van der Waals surface area contributed by atoms with Crippen LogP contribution in [0.25, 0.3) is 0 Å². The number of nitrogens with two attached hydrogens (primary N) is 1. The first-order chi connectivity index (χ1) is 19.0. The van der Waals surface area contributed by atoms with Gasteiger partial charge in [-0.1, -0.05) is 24.3 Å². The van der Waals surface area contributed by atoms with Gasteiger partial charge in [0.05, 0.1) is 12.1 Å². The lowest BCUT2D eigenvalue weighted by Gasteiger charge is -2.35. The van der Waals surface area contributed by atoms with Crippen molar-refractivity contribution < 1.29 is 19.1 Å². The van der Waals surface area contributed by atoms with Crippen LogP contribution in [0.2, 0.25) is 0 Å². The average Bonchev–Trinajstić information content (AvgIpc) is 3.54. The molecule has 0 unspecified atom stereocenters. The molecule has 3 heterocycles. The van der Waals surface area contributed by atoms with Crippen LogP contribution in [0.15, 0.2) is 78.4 Å². The fraction of sp³-hybridized carbons (Fsp3) is 0.267. The highest BCUT2D eigenvalue weighted by molar-refractivity contribution is 5.98. The second-order valence-electron chi connectivity index (χ2n) is 10.1. The Balaban J connectivity index is 1.17. The highest BCUT2D eigenvalue weighted by Gasteiger charge is 2.46. The molecule has 0 spiro atoms. The molecule has 2 atom stereocenters. The zero-order valence-electron chi connectivity index (χ0n) is 21.2. The van der Waals surface area contributed by atoms with Crippen molar-refractivity contribution >= 4 is 17.6 Å². The summed E-state index contributed by atoms with van der Waals surface area (Å²) in [6, 6.07) is 22.0. The van der Waals surface area contributed by atoms with Crippen LogP contribution in [-0.2, 0) is 4.79 Å². The van der Waals surface area contributed by atoms with Gasteiger partial charge in [0.15, 0.2) is 0 Å². The summed E-state index contributed by atoms with van der Waals surface area (Å²) >= 11 is 0. The Hall–Kier alpha value is -4.84. The maximum atomic E-state index is 13.0. The average molecular weight is 522 g/mol. The van der Waals surface area contributed by atoms with Gasteiger partial charge in [0.1, 0.15) is 40.3 Å². The molecule has 3 aromatic rings. The Kier molecular flexibility index (Phi) is 6.37. The Bertz CT molecular complexity index is 1480. The van der Waals surface area contributed by atoms with Crippen LogP contribution in [0.5, 0.6) is 23.1 Å². The number of amides is 2. The van der Waals surface area contributed by atoms with Crippen molar-refractivity contribution in [2.75, 3.05) is 18.0 Å². The molecule has 6 rings (SSSR count). The number of carbonyl (C=O) groups is 2. The molecule has 2 aliphatic heterocycles. The summed E-state index contributed by atoms with van der Waals surface area (Å²) in [7, 11) is 0. The van der Waals surface area contributed by atoms with Crippen LogP contribution in [0.4, 0.5) is 5.82 Å². The molecule has 3 aliphatic rings. The lowest BCUT2D eigenvalue weighted by Crippen LogP contribution is -2.49. The number of allylic oxidation sites excluding steroid dienone is 1. The van der Waals surface area contributed by atoms with E-state index in [0.717, 1.165) is 25.0 Å². The lowest BCUT2D eigenvalue weighted by molar-refractivity contribution is -0.127. The minimum absolute atomic E-state index is 0.00222. The van der Waals surface area contributed by atoms with Gasteiger partial charge in [-0.15, -0.1) is 0 Å². The molecule has 2 bridgehead atoms. The van der Waals surface area contributed by atoms with Crippen molar-refractivity contribution in [3.8, 4) is 29.2 Å². The van der Waals surface area contributed by atoms with E-state index in [1.807, 2.05) is 41.3 Å². The summed E-state index contributed by atoms with van der Waals surface area (Å²) in [5, 5.41) is 9.49. The normalized spacial score (nSPS) is 20.0. The van der Waals surface area contributed by atoms with Crippen LogP contribution >= 0.6 is 0 Å². The molecule has 2 saturated heterocycles. The quantitative estimate of drug-likeness (QED) is 0.344. The number of piperazine rings is 1. The standard InChI is InChI=1S/C30H27N5O4/c31-16-20(14-19-6-7-19)30(37)35-18-21-15-22(35)17-34(21)27-13-12-26(28(32)36)29(33-27)39-25-10-8-24(9-11-25)38-23-4-2-1-3-5-23/h1-5,8-14,19,21-22H,6-7,15,17-18H2,(H2,32,36)/b20-14+/t21-,22-/m0/s1. The lowest BCUT2D eigenvalue weighted by atomic mass is 10.1. The number of ether oxygens (including phenoxy) is 2. The first-order valence-corrected chi connectivity index (χ1v) is 13.0. The highest BCUT2D eigenvalue weighted by atomic mass is 16.5. The van der Waals surface area contributed by atoms with Gasteiger partial charge in [-0.25, -0.2) is 0 Å². The first-order valence-electron chi connectivity index (χ1n) is 13.0. The third-order valence-electron chi connectivity index (χ3n) is 7.30. The molecule has 196 valence electrons. The number of rotatable bonds is 8. The Morgan fingerprint density at radius 3 is 2.23 bits per heavy atom. The van der Waals surface area contributed by atoms with E-state index in [1.54, 1.807) is 36.4 Å². The molecular formula is C30H27N5O4. The van der Waals surface area contributed by atoms with Gasteiger partial charge in [0.25, 0.3) is 11.8 Å². The maximum absolute atomic E-state index is 13.0. The summed E-state index contributed by atoms with van der Waals surface area (Å²) in [4.78, 5) is 33.7.